The zero-order chi connectivity index (χ0) is 6.55. The minimum Gasteiger partial charge on any atom is -0.412 e. The summed E-state index contributed by atoms with van der Waals surface area (Å²) in [5, 5.41) is 0. The number of nitrogens with zero attached hydrogens (tertiary/aromatic N) is 4. The van der Waals surface area contributed by atoms with Gasteiger partial charge in [0.15, 0.2) is 0 Å². The van der Waals surface area contributed by atoms with Gasteiger partial charge in [0.05, 0.1) is 40.0 Å². The number of rotatable bonds is 0. The average Bonchev–Trinajstić information content (AvgIpc) is 1.82. The highest BCUT2D eigenvalue weighted by Gasteiger charge is 2.36. The Labute approximate surface area is 66.1 Å². The molecule has 4 fully saturated rings. The number of hydrogen-bond donors (Lipinski definition) is 0. The lowest BCUT2D eigenvalue weighted by molar-refractivity contribution is -0.194. The lowest BCUT2D eigenvalue weighted by Gasteiger charge is -2.56. The van der Waals surface area contributed by atoms with Gasteiger partial charge in [0, 0.05) is 0 Å². The molecule has 5 heteroatoms. The van der Waals surface area contributed by atoms with Gasteiger partial charge in [-0.25, -0.2) is 0 Å². The fraction of sp³-hybridized carbons (Fsp3) is 1.00. The van der Waals surface area contributed by atoms with Crippen molar-refractivity contribution in [1.82, 2.24) is 19.6 Å². The molecule has 4 rings (SSSR count). The molecule has 11 heavy (non-hydrogen) atoms. The molecule has 0 atom stereocenters. The van der Waals surface area contributed by atoms with E-state index in [4.69, 9.17) is 0 Å². The fourth-order valence-corrected chi connectivity index (χ4v) is 2.23. The first kappa shape index (κ1) is 7.45. The van der Waals surface area contributed by atoms with Crippen LogP contribution in [-0.4, -0.2) is 65.1 Å². The molecule has 0 saturated carbocycles. The summed E-state index contributed by atoms with van der Waals surface area (Å²) in [6, 6.07) is 0. The molecule has 0 aromatic rings. The van der Waals surface area contributed by atoms with Gasteiger partial charge in [-0.05, 0) is 0 Å². The first-order valence-electron chi connectivity index (χ1n) is 3.79. The quantitative estimate of drug-likeness (QED) is 0.415. The van der Waals surface area contributed by atoms with E-state index in [2.05, 4.69) is 19.6 Å². The fourth-order valence-electron chi connectivity index (χ4n) is 2.23. The second-order valence-corrected chi connectivity index (χ2v) is 3.53. The Hall–Kier alpha value is -0.200. The van der Waals surface area contributed by atoms with Crippen molar-refractivity contribution >= 4 is 0 Å². The molecular formula is C6H14N4O. The molecule has 5 nitrogen and oxygen atoms in total. The van der Waals surface area contributed by atoms with Crippen LogP contribution in [0, 0.1) is 0 Å². The van der Waals surface area contributed by atoms with E-state index in [1.807, 2.05) is 0 Å². The van der Waals surface area contributed by atoms with Crippen LogP contribution in [0.1, 0.15) is 0 Å². The van der Waals surface area contributed by atoms with Gasteiger partial charge in [0.25, 0.3) is 0 Å². The normalized spacial score (nSPS) is 52.4. The van der Waals surface area contributed by atoms with Gasteiger partial charge >= 0.3 is 0 Å². The summed E-state index contributed by atoms with van der Waals surface area (Å²) < 4.78 is 0. The maximum absolute atomic E-state index is 2.47. The smallest absolute Gasteiger partial charge is 0.0555 e. The molecule has 4 heterocycles. The van der Waals surface area contributed by atoms with Crippen molar-refractivity contribution in [3.63, 3.8) is 0 Å². The highest BCUT2D eigenvalue weighted by Crippen LogP contribution is 2.20. The molecule has 4 bridgehead atoms. The summed E-state index contributed by atoms with van der Waals surface area (Å²) in [7, 11) is 0. The third-order valence-corrected chi connectivity index (χ3v) is 2.40. The van der Waals surface area contributed by atoms with Crippen molar-refractivity contribution in [2.75, 3.05) is 40.0 Å². The van der Waals surface area contributed by atoms with Crippen LogP contribution in [0.4, 0.5) is 0 Å². The van der Waals surface area contributed by atoms with Gasteiger partial charge in [0.1, 0.15) is 0 Å². The van der Waals surface area contributed by atoms with Crippen LogP contribution in [0.25, 0.3) is 0 Å². The molecule has 64 valence electrons. The Morgan fingerprint density at radius 2 is 0.636 bits per heavy atom. The lowest BCUT2D eigenvalue weighted by atomic mass is 10.4. The third kappa shape index (κ3) is 1.05. The minimum atomic E-state index is 0. The van der Waals surface area contributed by atoms with Crippen LogP contribution >= 0.6 is 0 Å². The minimum absolute atomic E-state index is 0. The first-order chi connectivity index (χ1) is 4.90. The Morgan fingerprint density at radius 1 is 0.455 bits per heavy atom. The molecule has 0 aliphatic carbocycles. The van der Waals surface area contributed by atoms with Crippen molar-refractivity contribution in [1.29, 1.82) is 0 Å². The number of hydrogen-bond acceptors (Lipinski definition) is 4. The summed E-state index contributed by atoms with van der Waals surface area (Å²) in [4.78, 5) is 9.88. The van der Waals surface area contributed by atoms with Crippen LogP contribution in [0.5, 0.6) is 0 Å². The highest BCUT2D eigenvalue weighted by molar-refractivity contribution is 4.79. The topological polar surface area (TPSA) is 44.5 Å². The summed E-state index contributed by atoms with van der Waals surface area (Å²) in [6.07, 6.45) is 0. The molecule has 4 aliphatic rings. The molecule has 0 unspecified atom stereocenters. The van der Waals surface area contributed by atoms with Crippen molar-refractivity contribution in [2.24, 2.45) is 0 Å². The molecule has 0 aromatic carbocycles. The maximum atomic E-state index is 2.47. The van der Waals surface area contributed by atoms with E-state index in [1.165, 1.54) is 40.0 Å². The monoisotopic (exact) mass is 158 g/mol. The van der Waals surface area contributed by atoms with E-state index >= 15 is 0 Å². The standard InChI is InChI=1S/C6H12N4.H2O/c1-7-2-9-4-8(1)5-10(3-7)6-9;/h1-6H2;1H2. The molecule has 4 aliphatic heterocycles. The zero-order valence-corrected chi connectivity index (χ0v) is 6.53. The van der Waals surface area contributed by atoms with Gasteiger partial charge in [-0.15, -0.1) is 0 Å². The first-order valence-corrected chi connectivity index (χ1v) is 3.79. The molecule has 0 spiro atoms. The molecule has 0 amide bonds. The van der Waals surface area contributed by atoms with E-state index in [-0.39, 0.29) is 5.48 Å². The van der Waals surface area contributed by atoms with E-state index in [9.17, 15) is 0 Å². The van der Waals surface area contributed by atoms with Gasteiger partial charge < -0.3 is 5.48 Å². The molecule has 2 N–H and O–H groups in total. The Kier molecular flexibility index (Phi) is 1.62. The largest absolute Gasteiger partial charge is 0.412 e. The van der Waals surface area contributed by atoms with Gasteiger partial charge in [0.2, 0.25) is 0 Å². The second kappa shape index (κ2) is 2.40. The molecule has 0 radical (unpaired) electrons. The predicted molar refractivity (Wildman–Crippen MR) is 40.2 cm³/mol. The zero-order valence-electron chi connectivity index (χ0n) is 6.53. The van der Waals surface area contributed by atoms with E-state index in [1.54, 1.807) is 0 Å². The van der Waals surface area contributed by atoms with Crippen LogP contribution in [0.15, 0.2) is 0 Å². The van der Waals surface area contributed by atoms with E-state index in [0.717, 1.165) is 0 Å². The summed E-state index contributed by atoms with van der Waals surface area (Å²) >= 11 is 0. The van der Waals surface area contributed by atoms with Crippen molar-refractivity contribution in [3.05, 3.63) is 0 Å². The average molecular weight is 158 g/mol. The summed E-state index contributed by atoms with van der Waals surface area (Å²) in [5.74, 6) is 0. The van der Waals surface area contributed by atoms with Crippen molar-refractivity contribution < 1.29 is 5.48 Å². The third-order valence-electron chi connectivity index (χ3n) is 2.40. The van der Waals surface area contributed by atoms with E-state index in [0.29, 0.717) is 0 Å². The van der Waals surface area contributed by atoms with Crippen LogP contribution in [0.3, 0.4) is 0 Å². The maximum Gasteiger partial charge on any atom is 0.0555 e. The van der Waals surface area contributed by atoms with Crippen LogP contribution < -0.4 is 0 Å². The second-order valence-electron chi connectivity index (χ2n) is 3.53. The molecule has 4 saturated heterocycles. The Morgan fingerprint density at radius 3 is 0.818 bits per heavy atom. The van der Waals surface area contributed by atoms with Gasteiger partial charge in [-0.2, -0.15) is 0 Å². The van der Waals surface area contributed by atoms with Gasteiger partial charge in [-0.3, -0.25) is 19.6 Å². The SMILES string of the molecule is C1N2CN3CN1CN(C2)C3.O. The lowest BCUT2D eigenvalue weighted by Crippen LogP contribution is -2.71. The van der Waals surface area contributed by atoms with Gasteiger partial charge in [-0.1, -0.05) is 0 Å². The van der Waals surface area contributed by atoms with Crippen LogP contribution in [0.2, 0.25) is 0 Å². The highest BCUT2D eigenvalue weighted by atomic mass is 16.0. The van der Waals surface area contributed by atoms with Crippen molar-refractivity contribution in [3.8, 4) is 0 Å². The summed E-state index contributed by atoms with van der Waals surface area (Å²) in [5.41, 5.74) is 0. The predicted octanol–water partition coefficient (Wildman–Crippen LogP) is -1.84. The Bertz CT molecular complexity index is 106. The van der Waals surface area contributed by atoms with Crippen LogP contribution in [-0.2, 0) is 0 Å². The molecular weight excluding hydrogens is 144 g/mol. The molecule has 0 aromatic heterocycles. The van der Waals surface area contributed by atoms with Crippen molar-refractivity contribution in [2.45, 2.75) is 0 Å². The Balaban J connectivity index is 0.000000480. The van der Waals surface area contributed by atoms with E-state index < -0.39 is 0 Å². The summed E-state index contributed by atoms with van der Waals surface area (Å²) in [6.45, 7) is 7.12.